The van der Waals surface area contributed by atoms with E-state index in [4.69, 9.17) is 11.6 Å². The number of hydrogen-bond acceptors (Lipinski definition) is 0. The fourth-order valence-corrected chi connectivity index (χ4v) is 1.27. The SMILES string of the molecule is FC(F)(F)CCCc1ccc(Cl)cc1. The van der Waals surface area contributed by atoms with Crippen LogP contribution >= 0.6 is 11.6 Å². The summed E-state index contributed by atoms with van der Waals surface area (Å²) < 4.78 is 35.4. The van der Waals surface area contributed by atoms with Gasteiger partial charge in [0.2, 0.25) is 0 Å². The van der Waals surface area contributed by atoms with Gasteiger partial charge in [-0.15, -0.1) is 0 Å². The van der Waals surface area contributed by atoms with Crippen LogP contribution in [0.2, 0.25) is 5.02 Å². The standard InChI is InChI=1S/C10H10ClF3/c11-9-5-3-8(4-6-9)2-1-7-10(12,13)14/h3-6H,1-2,7H2. The van der Waals surface area contributed by atoms with Gasteiger partial charge in [0.15, 0.2) is 0 Å². The first-order valence-corrected chi connectivity index (χ1v) is 4.66. The van der Waals surface area contributed by atoms with Crippen LogP contribution in [-0.2, 0) is 6.42 Å². The largest absolute Gasteiger partial charge is 0.389 e. The molecule has 0 aliphatic heterocycles. The highest BCUT2D eigenvalue weighted by Gasteiger charge is 2.25. The van der Waals surface area contributed by atoms with Crippen molar-refractivity contribution < 1.29 is 13.2 Å². The molecule has 0 aliphatic rings. The molecular formula is C10H10ClF3. The number of halogens is 4. The molecule has 0 saturated heterocycles. The second kappa shape index (κ2) is 4.69. The molecule has 0 amide bonds. The Bertz CT molecular complexity index is 276. The van der Waals surface area contributed by atoms with E-state index in [0.717, 1.165) is 5.56 Å². The monoisotopic (exact) mass is 222 g/mol. The number of benzene rings is 1. The van der Waals surface area contributed by atoms with Crippen LogP contribution in [0.4, 0.5) is 13.2 Å². The predicted molar refractivity (Wildman–Crippen MR) is 50.4 cm³/mol. The van der Waals surface area contributed by atoms with Crippen molar-refractivity contribution in [1.29, 1.82) is 0 Å². The molecule has 0 fully saturated rings. The molecule has 1 aromatic rings. The first-order valence-electron chi connectivity index (χ1n) is 4.28. The Kier molecular flexibility index (Phi) is 3.81. The quantitative estimate of drug-likeness (QED) is 0.718. The molecule has 0 N–H and O–H groups in total. The highest BCUT2D eigenvalue weighted by atomic mass is 35.5. The van der Waals surface area contributed by atoms with E-state index < -0.39 is 12.6 Å². The molecule has 0 spiro atoms. The van der Waals surface area contributed by atoms with Gasteiger partial charge in [-0.25, -0.2) is 0 Å². The van der Waals surface area contributed by atoms with Crippen molar-refractivity contribution in [3.8, 4) is 0 Å². The topological polar surface area (TPSA) is 0 Å². The number of alkyl halides is 3. The summed E-state index contributed by atoms with van der Waals surface area (Å²) in [5.41, 5.74) is 0.888. The first kappa shape index (κ1) is 11.4. The molecule has 1 aromatic carbocycles. The Labute approximate surface area is 85.7 Å². The molecule has 0 aliphatic carbocycles. The zero-order chi connectivity index (χ0) is 10.6. The summed E-state index contributed by atoms with van der Waals surface area (Å²) in [6.45, 7) is 0. The van der Waals surface area contributed by atoms with E-state index in [-0.39, 0.29) is 6.42 Å². The van der Waals surface area contributed by atoms with Gasteiger partial charge in [-0.2, -0.15) is 13.2 Å². The highest BCUT2D eigenvalue weighted by molar-refractivity contribution is 6.30. The van der Waals surface area contributed by atoms with Crippen LogP contribution in [0.15, 0.2) is 24.3 Å². The third-order valence-electron chi connectivity index (χ3n) is 1.84. The summed E-state index contributed by atoms with van der Waals surface area (Å²) in [5, 5.41) is 0.601. The molecule has 0 nitrogen and oxygen atoms in total. The lowest BCUT2D eigenvalue weighted by atomic mass is 10.1. The van der Waals surface area contributed by atoms with Gasteiger partial charge >= 0.3 is 6.18 Å². The fourth-order valence-electron chi connectivity index (χ4n) is 1.14. The summed E-state index contributed by atoms with van der Waals surface area (Å²) in [4.78, 5) is 0. The van der Waals surface area contributed by atoms with Gasteiger partial charge < -0.3 is 0 Å². The minimum absolute atomic E-state index is 0.130. The summed E-state index contributed by atoms with van der Waals surface area (Å²) in [6, 6.07) is 6.87. The molecule has 14 heavy (non-hydrogen) atoms. The molecule has 1 rings (SSSR count). The lowest BCUT2D eigenvalue weighted by Gasteiger charge is -2.05. The van der Waals surface area contributed by atoms with E-state index >= 15 is 0 Å². The van der Waals surface area contributed by atoms with Crippen molar-refractivity contribution in [2.45, 2.75) is 25.4 Å². The molecule has 0 saturated carbocycles. The van der Waals surface area contributed by atoms with Gasteiger partial charge in [-0.05, 0) is 30.5 Å². The van der Waals surface area contributed by atoms with E-state index in [1.54, 1.807) is 24.3 Å². The summed E-state index contributed by atoms with van der Waals surface area (Å²) >= 11 is 5.64. The van der Waals surface area contributed by atoms with Crippen LogP contribution < -0.4 is 0 Å². The third-order valence-corrected chi connectivity index (χ3v) is 2.09. The van der Waals surface area contributed by atoms with Gasteiger partial charge in [0, 0.05) is 11.4 Å². The van der Waals surface area contributed by atoms with Crippen molar-refractivity contribution in [1.82, 2.24) is 0 Å². The summed E-state index contributed by atoms with van der Waals surface area (Å²) in [7, 11) is 0. The second-order valence-electron chi connectivity index (χ2n) is 3.10. The summed E-state index contributed by atoms with van der Waals surface area (Å²) in [6.07, 6.45) is -4.20. The van der Waals surface area contributed by atoms with Crippen LogP contribution in [0.3, 0.4) is 0 Å². The maximum Gasteiger partial charge on any atom is 0.389 e. The van der Waals surface area contributed by atoms with Gasteiger partial charge in [0.25, 0.3) is 0 Å². The molecule has 0 heterocycles. The van der Waals surface area contributed by atoms with Crippen LogP contribution in [0.25, 0.3) is 0 Å². The van der Waals surface area contributed by atoms with Gasteiger partial charge in [0.1, 0.15) is 0 Å². The lowest BCUT2D eigenvalue weighted by Crippen LogP contribution is -2.07. The van der Waals surface area contributed by atoms with Crippen LogP contribution in [0.5, 0.6) is 0 Å². The minimum atomic E-state index is -4.05. The molecule has 0 radical (unpaired) electrons. The van der Waals surface area contributed by atoms with Gasteiger partial charge in [0.05, 0.1) is 0 Å². The van der Waals surface area contributed by atoms with E-state index in [0.29, 0.717) is 11.4 Å². The van der Waals surface area contributed by atoms with Crippen molar-refractivity contribution >= 4 is 11.6 Å². The Morgan fingerprint density at radius 2 is 1.64 bits per heavy atom. The maximum absolute atomic E-state index is 11.8. The highest BCUT2D eigenvalue weighted by Crippen LogP contribution is 2.22. The Hall–Kier alpha value is -0.700. The maximum atomic E-state index is 11.8. The molecule has 0 bridgehead atoms. The van der Waals surface area contributed by atoms with Crippen molar-refractivity contribution in [2.75, 3.05) is 0 Å². The van der Waals surface area contributed by atoms with E-state index in [9.17, 15) is 13.2 Å². The average molecular weight is 223 g/mol. The average Bonchev–Trinajstić information content (AvgIpc) is 2.06. The molecular weight excluding hydrogens is 213 g/mol. The Morgan fingerprint density at radius 3 is 2.14 bits per heavy atom. The van der Waals surface area contributed by atoms with Gasteiger partial charge in [-0.3, -0.25) is 0 Å². The van der Waals surface area contributed by atoms with Crippen molar-refractivity contribution in [3.63, 3.8) is 0 Å². The van der Waals surface area contributed by atoms with Gasteiger partial charge in [-0.1, -0.05) is 23.7 Å². The molecule has 0 unspecified atom stereocenters. The second-order valence-corrected chi connectivity index (χ2v) is 3.53. The third kappa shape index (κ3) is 4.51. The smallest absolute Gasteiger partial charge is 0.171 e. The number of hydrogen-bond donors (Lipinski definition) is 0. The molecule has 0 atom stereocenters. The zero-order valence-corrected chi connectivity index (χ0v) is 8.20. The van der Waals surface area contributed by atoms with E-state index in [2.05, 4.69) is 0 Å². The zero-order valence-electron chi connectivity index (χ0n) is 7.44. The normalized spacial score (nSPS) is 11.7. The number of aryl methyl sites for hydroxylation is 1. The predicted octanol–water partition coefficient (Wildman–Crippen LogP) is 4.23. The molecule has 78 valence electrons. The van der Waals surface area contributed by atoms with Crippen molar-refractivity contribution in [3.05, 3.63) is 34.9 Å². The first-order chi connectivity index (χ1) is 6.47. The van der Waals surface area contributed by atoms with Crippen LogP contribution in [-0.4, -0.2) is 6.18 Å². The van der Waals surface area contributed by atoms with Crippen molar-refractivity contribution in [2.24, 2.45) is 0 Å². The van der Waals surface area contributed by atoms with E-state index in [1.165, 1.54) is 0 Å². The van der Waals surface area contributed by atoms with Crippen LogP contribution in [0, 0.1) is 0 Å². The van der Waals surface area contributed by atoms with E-state index in [1.807, 2.05) is 0 Å². The van der Waals surface area contributed by atoms with Crippen LogP contribution in [0.1, 0.15) is 18.4 Å². The molecule has 4 heteroatoms. The minimum Gasteiger partial charge on any atom is -0.171 e. The molecule has 0 aromatic heterocycles. The summed E-state index contributed by atoms with van der Waals surface area (Å²) in [5.74, 6) is 0. The number of rotatable bonds is 3. The fraction of sp³-hybridized carbons (Fsp3) is 0.400. The Morgan fingerprint density at radius 1 is 1.07 bits per heavy atom. The Balaban J connectivity index is 2.35. The lowest BCUT2D eigenvalue weighted by molar-refractivity contribution is -0.135.